The second-order valence-electron chi connectivity index (χ2n) is 10.5. The first-order valence-electron chi connectivity index (χ1n) is 14.6. The average Bonchev–Trinajstić information content (AvgIpc) is 3.53. The van der Waals surface area contributed by atoms with E-state index in [9.17, 15) is 0 Å². The molecule has 9 aromatic rings. The molecule has 0 fully saturated rings. The number of benzene rings is 7. The first-order valence-corrected chi connectivity index (χ1v) is 13.6. The fraction of sp³-hybridized carbons (Fsp3) is 0. The third kappa shape index (κ3) is 2.93. The summed E-state index contributed by atoms with van der Waals surface area (Å²) in [7, 11) is 0. The van der Waals surface area contributed by atoms with E-state index in [-0.39, 0.29) is 0 Å². The Kier molecular flexibility index (Phi) is 3.98. The normalized spacial score (nSPS) is 12.7. The second-order valence-corrected chi connectivity index (χ2v) is 10.5. The van der Waals surface area contributed by atoms with Gasteiger partial charge in [-0.1, -0.05) is 97.1 Å². The molecule has 0 radical (unpaired) electrons. The van der Waals surface area contributed by atoms with Gasteiger partial charge in [-0.2, -0.15) is 0 Å². The van der Waals surface area contributed by atoms with Gasteiger partial charge in [-0.3, -0.25) is 0 Å². The number of hydrogen-bond acceptors (Lipinski definition) is 0. The molecule has 40 heavy (non-hydrogen) atoms. The third-order valence-electron chi connectivity index (χ3n) is 8.28. The summed E-state index contributed by atoms with van der Waals surface area (Å²) in [6.07, 6.45) is 0. The molecule has 2 aromatic heterocycles. The Morgan fingerprint density at radius 3 is 1.25 bits per heavy atom. The minimum Gasteiger partial charge on any atom is -0.309 e. The molecule has 2 nitrogen and oxygen atoms in total. The van der Waals surface area contributed by atoms with Crippen LogP contribution in [0.4, 0.5) is 0 Å². The van der Waals surface area contributed by atoms with Crippen LogP contribution in [-0.2, 0) is 0 Å². The molecule has 2 heterocycles. The van der Waals surface area contributed by atoms with Crippen LogP contribution in [-0.4, -0.2) is 9.13 Å². The van der Waals surface area contributed by atoms with E-state index in [0.717, 1.165) is 76.5 Å². The summed E-state index contributed by atoms with van der Waals surface area (Å²) in [6.45, 7) is 0. The van der Waals surface area contributed by atoms with Crippen LogP contribution in [0.2, 0.25) is 0 Å². The summed E-state index contributed by atoms with van der Waals surface area (Å²) in [6, 6.07) is 47.1. The summed E-state index contributed by atoms with van der Waals surface area (Å²) in [5.74, 6) is 0. The van der Waals surface area contributed by atoms with Crippen LogP contribution in [0.25, 0.3) is 76.5 Å². The van der Waals surface area contributed by atoms with E-state index < -0.39 is 0 Å². The predicted molar refractivity (Wildman–Crippen MR) is 170 cm³/mol. The molecule has 0 unspecified atom stereocenters. The number of rotatable bonds is 2. The van der Waals surface area contributed by atoms with Crippen LogP contribution in [0.15, 0.2) is 146 Å². The van der Waals surface area contributed by atoms with Gasteiger partial charge in [0.05, 0.1) is 24.8 Å². The quantitative estimate of drug-likeness (QED) is 0.219. The average molecular weight is 511 g/mol. The Labute approximate surface area is 233 Å². The minimum atomic E-state index is 0.494. The van der Waals surface area contributed by atoms with Gasteiger partial charge >= 0.3 is 0 Å². The van der Waals surface area contributed by atoms with Crippen molar-refractivity contribution in [1.29, 1.82) is 0 Å². The minimum absolute atomic E-state index is 0.494. The Morgan fingerprint density at radius 1 is 0.375 bits per heavy atom. The van der Waals surface area contributed by atoms with Crippen LogP contribution in [0.3, 0.4) is 0 Å². The summed E-state index contributed by atoms with van der Waals surface area (Å²) >= 11 is 0. The molecule has 0 aliphatic heterocycles. The number of nitrogens with zero attached hydrogens (tertiary/aromatic N) is 2. The fourth-order valence-electron chi connectivity index (χ4n) is 6.52. The van der Waals surface area contributed by atoms with Gasteiger partial charge < -0.3 is 9.13 Å². The molecule has 0 amide bonds. The monoisotopic (exact) mass is 510 g/mol. The Morgan fingerprint density at radius 2 is 0.775 bits per heavy atom. The highest BCUT2D eigenvalue weighted by Crippen LogP contribution is 2.42. The zero-order valence-electron chi connectivity index (χ0n) is 23.6. The van der Waals surface area contributed by atoms with Crippen molar-refractivity contribution in [2.24, 2.45) is 0 Å². The predicted octanol–water partition coefficient (Wildman–Crippen LogP) is 10.2. The van der Waals surface area contributed by atoms with E-state index >= 15 is 0 Å². The molecule has 2 heteroatoms. The van der Waals surface area contributed by atoms with Gasteiger partial charge in [0.1, 0.15) is 0 Å². The van der Waals surface area contributed by atoms with Gasteiger partial charge in [-0.15, -0.1) is 0 Å². The van der Waals surface area contributed by atoms with Crippen molar-refractivity contribution in [2.45, 2.75) is 0 Å². The number of para-hydroxylation sites is 2. The summed E-state index contributed by atoms with van der Waals surface area (Å²) in [5, 5.41) is 9.00. The van der Waals surface area contributed by atoms with Crippen LogP contribution in [0.5, 0.6) is 0 Å². The van der Waals surface area contributed by atoms with Crippen molar-refractivity contribution < 1.29 is 2.74 Å². The van der Waals surface area contributed by atoms with E-state index in [0.29, 0.717) is 12.1 Å². The largest absolute Gasteiger partial charge is 0.309 e. The Bertz CT molecular complexity index is 2370. The highest BCUT2D eigenvalue weighted by molar-refractivity contribution is 6.29. The first-order chi connectivity index (χ1) is 20.7. The highest BCUT2D eigenvalue weighted by atomic mass is 15.0. The van der Waals surface area contributed by atoms with Crippen LogP contribution < -0.4 is 0 Å². The van der Waals surface area contributed by atoms with Crippen LogP contribution in [0.1, 0.15) is 2.74 Å². The molecule has 0 saturated heterocycles. The van der Waals surface area contributed by atoms with Crippen molar-refractivity contribution in [1.82, 2.24) is 9.13 Å². The maximum Gasteiger partial charge on any atom is 0.0645 e. The third-order valence-corrected chi connectivity index (χ3v) is 8.28. The summed E-state index contributed by atoms with van der Waals surface area (Å²) in [4.78, 5) is 0. The zero-order chi connectivity index (χ0) is 27.9. The van der Waals surface area contributed by atoms with E-state index in [1.165, 1.54) is 0 Å². The van der Waals surface area contributed by atoms with E-state index in [4.69, 9.17) is 2.74 Å². The number of aromatic nitrogens is 2. The Balaban J connectivity index is 1.45. The van der Waals surface area contributed by atoms with Crippen molar-refractivity contribution in [3.8, 4) is 11.4 Å². The maximum absolute atomic E-state index is 9.03. The Hall–Kier alpha value is -5.34. The van der Waals surface area contributed by atoms with E-state index in [2.05, 4.69) is 106 Å². The lowest BCUT2D eigenvalue weighted by Gasteiger charge is -2.11. The number of hydrogen-bond donors (Lipinski definition) is 0. The molecular formula is C38H24N2. The molecule has 0 aliphatic carbocycles. The van der Waals surface area contributed by atoms with Gasteiger partial charge in [-0.05, 0) is 70.0 Å². The van der Waals surface area contributed by atoms with Gasteiger partial charge in [-0.25, -0.2) is 0 Å². The maximum atomic E-state index is 9.03. The van der Waals surface area contributed by atoms with E-state index in [1.54, 1.807) is 0 Å². The molecule has 7 aromatic carbocycles. The van der Waals surface area contributed by atoms with Crippen molar-refractivity contribution in [3.63, 3.8) is 0 Å². The SMILES string of the molecule is [2H]c1cc2ccccc2cc1-n1c2ccccc2c2c3c4ccccc4n(-c4cc5ccccc5cc4[2H])c3ccc21. The summed E-state index contributed by atoms with van der Waals surface area (Å²) in [5.41, 5.74) is 6.02. The van der Waals surface area contributed by atoms with Gasteiger partial charge in [0.2, 0.25) is 0 Å². The van der Waals surface area contributed by atoms with Gasteiger partial charge in [0.25, 0.3) is 0 Å². The first kappa shape index (κ1) is 19.7. The van der Waals surface area contributed by atoms with Crippen LogP contribution in [0, 0.1) is 0 Å². The van der Waals surface area contributed by atoms with Crippen LogP contribution >= 0.6 is 0 Å². The molecule has 0 atom stereocenters. The van der Waals surface area contributed by atoms with Gasteiger partial charge in [0, 0.05) is 32.9 Å². The molecular weight excluding hydrogens is 484 g/mol. The second kappa shape index (κ2) is 8.08. The lowest BCUT2D eigenvalue weighted by molar-refractivity contribution is 1.18. The lowest BCUT2D eigenvalue weighted by Crippen LogP contribution is -1.95. The molecule has 0 bridgehead atoms. The molecule has 0 spiro atoms. The zero-order valence-corrected chi connectivity index (χ0v) is 21.6. The highest BCUT2D eigenvalue weighted by Gasteiger charge is 2.20. The lowest BCUT2D eigenvalue weighted by atomic mass is 10.1. The standard InChI is InChI=1S/C38H24N2/c1-3-11-27-23-29(19-17-25(27)9-1)39-33-15-7-5-13-31(33)37-35(39)21-22-36-38(37)32-14-6-8-16-34(32)40(36)30-20-18-26-10-2-4-12-28(26)24-30/h1-24H/i19D,20D. The van der Waals surface area contributed by atoms with Gasteiger partial charge in [0.15, 0.2) is 0 Å². The smallest absolute Gasteiger partial charge is 0.0645 e. The topological polar surface area (TPSA) is 9.86 Å². The molecule has 0 aliphatic rings. The molecule has 186 valence electrons. The molecule has 0 saturated carbocycles. The number of fused-ring (bicyclic) bond motifs is 9. The summed E-state index contributed by atoms with van der Waals surface area (Å²) < 4.78 is 22.6. The molecule has 9 rings (SSSR count). The van der Waals surface area contributed by atoms with Crippen molar-refractivity contribution >= 4 is 65.2 Å². The van der Waals surface area contributed by atoms with Crippen molar-refractivity contribution in [3.05, 3.63) is 146 Å². The fourth-order valence-corrected chi connectivity index (χ4v) is 6.52. The van der Waals surface area contributed by atoms with E-state index in [1.807, 2.05) is 36.4 Å². The molecule has 0 N–H and O–H groups in total. The van der Waals surface area contributed by atoms with Crippen molar-refractivity contribution in [2.75, 3.05) is 0 Å².